The summed E-state index contributed by atoms with van der Waals surface area (Å²) >= 11 is 0. The molecule has 0 aliphatic carbocycles. The van der Waals surface area contributed by atoms with E-state index in [1.807, 2.05) is 36.4 Å². The number of rotatable bonds is 3. The number of H-pyrrole nitrogens is 1. The zero-order valence-corrected chi connectivity index (χ0v) is 14.2. The van der Waals surface area contributed by atoms with Gasteiger partial charge in [0.15, 0.2) is 5.82 Å². The standard InChI is InChI=1S/C19H19N5O/c1-11(2)18-20-9-8-14(21-18)13-10-15(25)22-19-16(13)17(23-24-19)12-6-4-3-5-7-12/h3-9,11,13H,10H2,1-2H3,(H2,22,23,24,25). The number of nitrogens with one attached hydrogen (secondary N) is 2. The summed E-state index contributed by atoms with van der Waals surface area (Å²) in [6, 6.07) is 11.9. The first kappa shape index (κ1) is 15.5. The van der Waals surface area contributed by atoms with Crippen molar-refractivity contribution in [1.82, 2.24) is 20.2 Å². The van der Waals surface area contributed by atoms with Crippen molar-refractivity contribution in [2.24, 2.45) is 0 Å². The van der Waals surface area contributed by atoms with Gasteiger partial charge in [0.2, 0.25) is 5.91 Å². The third kappa shape index (κ3) is 2.80. The number of hydrogen-bond donors (Lipinski definition) is 2. The highest BCUT2D eigenvalue weighted by Crippen LogP contribution is 2.41. The molecule has 0 fully saturated rings. The molecular formula is C19H19N5O. The van der Waals surface area contributed by atoms with Crippen molar-refractivity contribution in [3.05, 3.63) is 59.7 Å². The Morgan fingerprint density at radius 3 is 2.72 bits per heavy atom. The second kappa shape index (κ2) is 6.12. The van der Waals surface area contributed by atoms with Crippen molar-refractivity contribution in [3.8, 4) is 11.3 Å². The van der Waals surface area contributed by atoms with Gasteiger partial charge >= 0.3 is 0 Å². The number of fused-ring (bicyclic) bond motifs is 1. The maximum atomic E-state index is 12.2. The molecule has 2 N–H and O–H groups in total. The van der Waals surface area contributed by atoms with Gasteiger partial charge in [-0.3, -0.25) is 9.89 Å². The van der Waals surface area contributed by atoms with Gasteiger partial charge in [0.1, 0.15) is 5.82 Å². The van der Waals surface area contributed by atoms with E-state index >= 15 is 0 Å². The molecule has 0 saturated heterocycles. The van der Waals surface area contributed by atoms with E-state index in [-0.39, 0.29) is 17.7 Å². The van der Waals surface area contributed by atoms with Crippen molar-refractivity contribution >= 4 is 11.7 Å². The van der Waals surface area contributed by atoms with Crippen LogP contribution < -0.4 is 5.32 Å². The van der Waals surface area contributed by atoms with Gasteiger partial charge in [-0.2, -0.15) is 5.10 Å². The first-order valence-electron chi connectivity index (χ1n) is 8.40. The Hall–Kier alpha value is -3.02. The molecule has 1 unspecified atom stereocenters. The van der Waals surface area contributed by atoms with E-state index in [9.17, 15) is 4.79 Å². The third-order valence-corrected chi connectivity index (χ3v) is 4.43. The van der Waals surface area contributed by atoms with Gasteiger partial charge in [-0.15, -0.1) is 0 Å². The highest BCUT2D eigenvalue weighted by molar-refractivity contribution is 5.95. The number of hydrogen-bond acceptors (Lipinski definition) is 4. The van der Waals surface area contributed by atoms with Gasteiger partial charge in [-0.05, 0) is 11.6 Å². The van der Waals surface area contributed by atoms with E-state index in [0.29, 0.717) is 12.2 Å². The van der Waals surface area contributed by atoms with Crippen LogP contribution in [0.3, 0.4) is 0 Å². The fourth-order valence-corrected chi connectivity index (χ4v) is 3.19. The summed E-state index contributed by atoms with van der Waals surface area (Å²) in [4.78, 5) is 21.2. The molecule has 3 heterocycles. The molecule has 6 heteroatoms. The quantitative estimate of drug-likeness (QED) is 0.769. The van der Waals surface area contributed by atoms with Crippen LogP contribution in [0.1, 0.15) is 49.2 Å². The molecule has 1 aliphatic rings. The Kier molecular flexibility index (Phi) is 3.80. The lowest BCUT2D eigenvalue weighted by Crippen LogP contribution is -2.24. The Balaban J connectivity index is 1.85. The molecule has 126 valence electrons. The summed E-state index contributed by atoms with van der Waals surface area (Å²) in [6.45, 7) is 4.12. The summed E-state index contributed by atoms with van der Waals surface area (Å²) in [5.41, 5.74) is 3.80. The maximum Gasteiger partial charge on any atom is 0.226 e. The van der Waals surface area contributed by atoms with Crippen LogP contribution in [0.15, 0.2) is 42.6 Å². The van der Waals surface area contributed by atoms with Crippen LogP contribution in [0.5, 0.6) is 0 Å². The summed E-state index contributed by atoms with van der Waals surface area (Å²) in [5.74, 6) is 1.42. The zero-order valence-electron chi connectivity index (χ0n) is 14.2. The number of carbonyl (C=O) groups excluding carboxylic acids is 1. The maximum absolute atomic E-state index is 12.2. The molecule has 0 spiro atoms. The summed E-state index contributed by atoms with van der Waals surface area (Å²) in [6.07, 6.45) is 2.12. The lowest BCUT2D eigenvalue weighted by molar-refractivity contribution is -0.116. The number of anilines is 1. The summed E-state index contributed by atoms with van der Waals surface area (Å²) < 4.78 is 0. The van der Waals surface area contributed by atoms with Crippen LogP contribution in [0, 0.1) is 0 Å². The third-order valence-electron chi connectivity index (χ3n) is 4.43. The van der Waals surface area contributed by atoms with Crippen LogP contribution in [0.25, 0.3) is 11.3 Å². The molecule has 6 nitrogen and oxygen atoms in total. The SMILES string of the molecule is CC(C)c1nccc(C2CC(=O)Nc3n[nH]c(-c4ccccc4)c32)n1. The van der Waals surface area contributed by atoms with Gasteiger partial charge in [0, 0.05) is 30.0 Å². The fourth-order valence-electron chi connectivity index (χ4n) is 3.19. The monoisotopic (exact) mass is 333 g/mol. The van der Waals surface area contributed by atoms with Crippen LogP contribution >= 0.6 is 0 Å². The average molecular weight is 333 g/mol. The molecule has 1 aliphatic heterocycles. The van der Waals surface area contributed by atoms with E-state index in [1.165, 1.54) is 0 Å². The van der Waals surface area contributed by atoms with Crippen LogP contribution in [0.4, 0.5) is 5.82 Å². The van der Waals surface area contributed by atoms with Crippen molar-refractivity contribution in [2.75, 3.05) is 5.32 Å². The topological polar surface area (TPSA) is 83.6 Å². The highest BCUT2D eigenvalue weighted by atomic mass is 16.1. The highest BCUT2D eigenvalue weighted by Gasteiger charge is 2.33. The Morgan fingerprint density at radius 1 is 1.16 bits per heavy atom. The van der Waals surface area contributed by atoms with E-state index in [2.05, 4.69) is 34.3 Å². The molecule has 1 amide bonds. The van der Waals surface area contributed by atoms with E-state index in [0.717, 1.165) is 28.3 Å². The van der Waals surface area contributed by atoms with Gasteiger partial charge in [-0.1, -0.05) is 44.2 Å². The molecule has 1 aromatic carbocycles. The summed E-state index contributed by atoms with van der Waals surface area (Å²) in [7, 11) is 0. The van der Waals surface area contributed by atoms with Crippen LogP contribution in [-0.4, -0.2) is 26.1 Å². The minimum atomic E-state index is -0.141. The number of carbonyl (C=O) groups is 1. The zero-order chi connectivity index (χ0) is 17.4. The van der Waals surface area contributed by atoms with E-state index in [4.69, 9.17) is 4.98 Å². The van der Waals surface area contributed by atoms with Crippen molar-refractivity contribution in [2.45, 2.75) is 32.1 Å². The molecule has 0 radical (unpaired) electrons. The predicted octanol–water partition coefficient (Wildman–Crippen LogP) is 3.46. The number of nitrogens with zero attached hydrogens (tertiary/aromatic N) is 3. The Labute approximate surface area is 145 Å². The summed E-state index contributed by atoms with van der Waals surface area (Å²) in [5, 5.41) is 10.3. The normalized spacial score (nSPS) is 16.6. The van der Waals surface area contributed by atoms with E-state index < -0.39 is 0 Å². The second-order valence-corrected chi connectivity index (χ2v) is 6.53. The number of benzene rings is 1. The molecular weight excluding hydrogens is 314 g/mol. The minimum Gasteiger partial charge on any atom is -0.309 e. The molecule has 25 heavy (non-hydrogen) atoms. The first-order chi connectivity index (χ1) is 12.1. The van der Waals surface area contributed by atoms with Crippen LogP contribution in [0.2, 0.25) is 0 Å². The number of amides is 1. The van der Waals surface area contributed by atoms with Gasteiger partial charge in [-0.25, -0.2) is 9.97 Å². The van der Waals surface area contributed by atoms with Crippen molar-refractivity contribution in [1.29, 1.82) is 0 Å². The van der Waals surface area contributed by atoms with Crippen molar-refractivity contribution < 1.29 is 4.79 Å². The first-order valence-corrected chi connectivity index (χ1v) is 8.40. The van der Waals surface area contributed by atoms with Crippen LogP contribution in [-0.2, 0) is 4.79 Å². The van der Waals surface area contributed by atoms with Gasteiger partial charge in [0.25, 0.3) is 0 Å². The number of aromatic amines is 1. The molecule has 4 rings (SSSR count). The van der Waals surface area contributed by atoms with Crippen molar-refractivity contribution in [3.63, 3.8) is 0 Å². The second-order valence-electron chi connectivity index (χ2n) is 6.53. The number of aromatic nitrogens is 4. The van der Waals surface area contributed by atoms with Gasteiger partial charge < -0.3 is 5.32 Å². The Morgan fingerprint density at radius 2 is 1.96 bits per heavy atom. The molecule has 2 aromatic heterocycles. The fraction of sp³-hybridized carbons (Fsp3) is 0.263. The molecule has 0 saturated carbocycles. The van der Waals surface area contributed by atoms with E-state index in [1.54, 1.807) is 6.20 Å². The predicted molar refractivity (Wildman–Crippen MR) is 95.2 cm³/mol. The average Bonchev–Trinajstić information content (AvgIpc) is 3.05. The molecule has 0 bridgehead atoms. The minimum absolute atomic E-state index is 0.0479. The Bertz CT molecular complexity index is 917. The largest absolute Gasteiger partial charge is 0.309 e. The smallest absolute Gasteiger partial charge is 0.226 e. The molecule has 1 atom stereocenters. The lowest BCUT2D eigenvalue weighted by atomic mass is 9.87. The van der Waals surface area contributed by atoms with Gasteiger partial charge in [0.05, 0.1) is 11.4 Å². The molecule has 3 aromatic rings. The lowest BCUT2D eigenvalue weighted by Gasteiger charge is -2.23.